The third-order valence-electron chi connectivity index (χ3n) is 7.05. The summed E-state index contributed by atoms with van der Waals surface area (Å²) >= 11 is 0. The molecule has 3 aliphatic heterocycles. The number of likely N-dealkylation sites (tertiary alicyclic amines) is 1. The van der Waals surface area contributed by atoms with Gasteiger partial charge in [0.25, 0.3) is 0 Å². The molecule has 1 aliphatic carbocycles. The number of nitrogens with zero attached hydrogens (tertiary/aromatic N) is 2. The van der Waals surface area contributed by atoms with Crippen molar-refractivity contribution < 1.29 is 14.4 Å². The van der Waals surface area contributed by atoms with Crippen LogP contribution in [-0.4, -0.2) is 40.6 Å². The van der Waals surface area contributed by atoms with E-state index >= 15 is 0 Å². The highest BCUT2D eigenvalue weighted by Crippen LogP contribution is 2.49. The van der Waals surface area contributed by atoms with E-state index in [9.17, 15) is 14.4 Å². The van der Waals surface area contributed by atoms with Gasteiger partial charge in [-0.3, -0.25) is 19.3 Å². The molecule has 28 heavy (non-hydrogen) atoms. The van der Waals surface area contributed by atoms with Gasteiger partial charge in [-0.2, -0.15) is 0 Å². The summed E-state index contributed by atoms with van der Waals surface area (Å²) in [5.41, 5.74) is 3.15. The molecule has 4 aliphatic rings. The number of benzene rings is 1. The highest BCUT2D eigenvalue weighted by atomic mass is 16.2. The first-order valence-electron chi connectivity index (χ1n) is 10.4. The summed E-state index contributed by atoms with van der Waals surface area (Å²) in [5.74, 6) is -1.24. The van der Waals surface area contributed by atoms with Crippen molar-refractivity contribution in [3.05, 3.63) is 35.4 Å². The maximum atomic E-state index is 13.4. The van der Waals surface area contributed by atoms with Gasteiger partial charge >= 0.3 is 0 Å². The van der Waals surface area contributed by atoms with Crippen molar-refractivity contribution in [2.24, 2.45) is 11.8 Å². The van der Waals surface area contributed by atoms with E-state index < -0.39 is 17.9 Å². The van der Waals surface area contributed by atoms with Crippen LogP contribution in [-0.2, 0) is 14.4 Å². The Hall–Kier alpha value is -2.43. The summed E-state index contributed by atoms with van der Waals surface area (Å²) in [4.78, 5) is 43.1. The fourth-order valence-electron chi connectivity index (χ4n) is 5.87. The number of carbonyl (C=O) groups excluding carboxylic acids is 3. The average molecular weight is 378 g/mol. The minimum absolute atomic E-state index is 0.0166. The van der Waals surface area contributed by atoms with Crippen LogP contribution in [0.25, 0.3) is 6.08 Å². The molecule has 0 bridgehead atoms. The zero-order valence-electron chi connectivity index (χ0n) is 16.4. The molecular weight excluding hydrogens is 352 g/mol. The summed E-state index contributed by atoms with van der Waals surface area (Å²) in [7, 11) is 0. The topological polar surface area (TPSA) is 57.7 Å². The predicted octanol–water partition coefficient (Wildman–Crippen LogP) is 3.10. The highest BCUT2D eigenvalue weighted by Gasteiger charge is 2.64. The number of aryl methyl sites for hydroxylation is 1. The van der Waals surface area contributed by atoms with Crippen molar-refractivity contribution in [3.8, 4) is 0 Å². The van der Waals surface area contributed by atoms with Gasteiger partial charge in [-0.15, -0.1) is 0 Å². The second-order valence-corrected chi connectivity index (χ2v) is 8.76. The predicted molar refractivity (Wildman–Crippen MR) is 107 cm³/mol. The molecule has 2 amide bonds. The molecule has 4 atom stereocenters. The largest absolute Gasteiger partial charge is 0.353 e. The van der Waals surface area contributed by atoms with Crippen LogP contribution in [0.15, 0.2) is 24.3 Å². The molecule has 5 nitrogen and oxygen atoms in total. The third-order valence-corrected chi connectivity index (χ3v) is 7.05. The summed E-state index contributed by atoms with van der Waals surface area (Å²) in [5, 5.41) is 0. The van der Waals surface area contributed by atoms with Crippen molar-refractivity contribution in [2.45, 2.75) is 64.1 Å². The van der Waals surface area contributed by atoms with Gasteiger partial charge < -0.3 is 4.90 Å². The first kappa shape index (κ1) is 17.7. The molecule has 0 N–H and O–H groups in total. The Labute approximate surface area is 165 Å². The average Bonchev–Trinajstić information content (AvgIpc) is 3.15. The lowest BCUT2D eigenvalue weighted by atomic mass is 9.88. The number of imide groups is 1. The fourth-order valence-corrected chi connectivity index (χ4v) is 5.87. The first-order valence-corrected chi connectivity index (χ1v) is 10.4. The van der Waals surface area contributed by atoms with Crippen LogP contribution in [0.5, 0.6) is 0 Å². The Kier molecular flexibility index (Phi) is 3.97. The number of amides is 2. The van der Waals surface area contributed by atoms with Crippen LogP contribution in [0.4, 0.5) is 5.69 Å². The molecule has 5 heteroatoms. The normalized spacial score (nSPS) is 31.8. The molecule has 0 unspecified atom stereocenters. The lowest BCUT2D eigenvalue weighted by Crippen LogP contribution is -2.50. The van der Waals surface area contributed by atoms with Crippen molar-refractivity contribution in [3.63, 3.8) is 0 Å². The number of ketones is 1. The van der Waals surface area contributed by atoms with E-state index in [0.717, 1.165) is 42.5 Å². The standard InChI is InChI=1S/C23H26N2O3/c1-13-8-10-17-15(12-13)9-11-18-19-20(21(14(2)26)25(17)18)23(28)24(22(19)27)16-6-4-3-5-7-16/h8-12,16,18-21H,3-7H2,1-2H3/t18-,19+,20-,21-/m1/s1. The second kappa shape index (κ2) is 6.29. The summed E-state index contributed by atoms with van der Waals surface area (Å²) in [6.45, 7) is 3.59. The van der Waals surface area contributed by atoms with Crippen molar-refractivity contribution in [1.82, 2.24) is 4.90 Å². The molecule has 0 radical (unpaired) electrons. The Bertz CT molecular complexity index is 899. The molecule has 5 rings (SSSR count). The number of hydrogen-bond donors (Lipinski definition) is 0. The van der Waals surface area contributed by atoms with E-state index in [0.29, 0.717) is 0 Å². The van der Waals surface area contributed by atoms with Gasteiger partial charge in [0, 0.05) is 11.7 Å². The number of Topliss-reactive ketones (excluding diaryl/α,β-unsaturated/α-hetero) is 1. The van der Waals surface area contributed by atoms with E-state index in [2.05, 4.69) is 6.07 Å². The SMILES string of the molecule is CC(=O)[C@@H]1[C@@H]2C(=O)N(C3CCCCC3)C(=O)[C@H]2[C@H]2C=Cc3cc(C)ccc3N21. The van der Waals surface area contributed by atoms with Crippen LogP contribution < -0.4 is 4.90 Å². The Morgan fingerprint density at radius 3 is 2.46 bits per heavy atom. The smallest absolute Gasteiger partial charge is 0.236 e. The Morgan fingerprint density at radius 2 is 1.75 bits per heavy atom. The van der Waals surface area contributed by atoms with Crippen LogP contribution >= 0.6 is 0 Å². The number of anilines is 1. The summed E-state index contributed by atoms with van der Waals surface area (Å²) in [6, 6.07) is 5.36. The molecule has 3 fully saturated rings. The van der Waals surface area contributed by atoms with E-state index in [1.165, 1.54) is 6.42 Å². The Balaban J connectivity index is 1.57. The van der Waals surface area contributed by atoms with Crippen molar-refractivity contribution >= 4 is 29.4 Å². The number of rotatable bonds is 2. The van der Waals surface area contributed by atoms with E-state index in [1.807, 2.05) is 36.1 Å². The Morgan fingerprint density at radius 1 is 1.04 bits per heavy atom. The number of hydrogen-bond acceptors (Lipinski definition) is 4. The van der Waals surface area contributed by atoms with Crippen LogP contribution in [0.1, 0.15) is 50.2 Å². The molecule has 0 spiro atoms. The van der Waals surface area contributed by atoms with Gasteiger partial charge in [-0.25, -0.2) is 0 Å². The fraction of sp³-hybridized carbons (Fsp3) is 0.522. The van der Waals surface area contributed by atoms with E-state index in [-0.39, 0.29) is 29.7 Å². The summed E-state index contributed by atoms with van der Waals surface area (Å²) < 4.78 is 0. The van der Waals surface area contributed by atoms with E-state index in [4.69, 9.17) is 0 Å². The monoisotopic (exact) mass is 378 g/mol. The van der Waals surface area contributed by atoms with Crippen LogP contribution in [0.2, 0.25) is 0 Å². The molecule has 3 heterocycles. The number of carbonyl (C=O) groups is 3. The van der Waals surface area contributed by atoms with Crippen LogP contribution in [0, 0.1) is 18.8 Å². The molecule has 1 aromatic rings. The zero-order chi connectivity index (χ0) is 19.6. The minimum Gasteiger partial charge on any atom is -0.353 e. The van der Waals surface area contributed by atoms with Gasteiger partial charge in [0.05, 0.1) is 17.9 Å². The molecule has 2 saturated heterocycles. The highest BCUT2D eigenvalue weighted by molar-refractivity contribution is 6.11. The molecule has 1 saturated carbocycles. The van der Waals surface area contributed by atoms with Gasteiger partial charge in [-0.05, 0) is 44.4 Å². The first-order chi connectivity index (χ1) is 13.5. The molecule has 146 valence electrons. The minimum atomic E-state index is -0.563. The maximum absolute atomic E-state index is 13.4. The number of fused-ring (bicyclic) bond motifs is 5. The zero-order valence-corrected chi connectivity index (χ0v) is 16.4. The molecule has 0 aromatic heterocycles. The second-order valence-electron chi connectivity index (χ2n) is 8.76. The molecule has 1 aromatic carbocycles. The third kappa shape index (κ3) is 2.34. The summed E-state index contributed by atoms with van der Waals surface area (Å²) in [6.07, 6.45) is 9.17. The quantitative estimate of drug-likeness (QED) is 0.742. The van der Waals surface area contributed by atoms with Gasteiger partial charge in [0.2, 0.25) is 11.8 Å². The van der Waals surface area contributed by atoms with Gasteiger partial charge in [-0.1, -0.05) is 43.0 Å². The van der Waals surface area contributed by atoms with Gasteiger partial charge in [0.1, 0.15) is 6.04 Å². The lowest BCUT2D eigenvalue weighted by molar-refractivity contribution is -0.144. The van der Waals surface area contributed by atoms with E-state index in [1.54, 1.807) is 11.8 Å². The van der Waals surface area contributed by atoms with Gasteiger partial charge in [0.15, 0.2) is 5.78 Å². The maximum Gasteiger partial charge on any atom is 0.236 e. The van der Waals surface area contributed by atoms with Crippen molar-refractivity contribution in [2.75, 3.05) is 4.90 Å². The van der Waals surface area contributed by atoms with Crippen molar-refractivity contribution in [1.29, 1.82) is 0 Å². The lowest BCUT2D eigenvalue weighted by Gasteiger charge is -2.37. The van der Waals surface area contributed by atoms with Crippen LogP contribution in [0.3, 0.4) is 0 Å². The molecular formula is C23H26N2O3.